The van der Waals surface area contributed by atoms with Gasteiger partial charge in [-0.05, 0) is 43.9 Å². The number of hydrogen-bond donors (Lipinski definition) is 0. The molecule has 0 spiro atoms. The molecule has 0 saturated carbocycles. The lowest BCUT2D eigenvalue weighted by Gasteiger charge is -2.41. The fourth-order valence-electron chi connectivity index (χ4n) is 4.72. The first kappa shape index (κ1) is 11.0. The second-order valence-corrected chi connectivity index (χ2v) is 6.62. The van der Waals surface area contributed by atoms with Crippen molar-refractivity contribution in [3.63, 3.8) is 0 Å². The van der Waals surface area contributed by atoms with Crippen LogP contribution in [0.25, 0.3) is 17.7 Å². The molecule has 5 aliphatic rings. The summed E-state index contributed by atoms with van der Waals surface area (Å²) in [6, 6.07) is 6.71. The maximum atomic E-state index is 2.41. The van der Waals surface area contributed by atoms with Crippen LogP contribution in [0.3, 0.4) is 0 Å². The van der Waals surface area contributed by atoms with E-state index in [0.29, 0.717) is 11.8 Å². The van der Waals surface area contributed by atoms with Crippen molar-refractivity contribution >= 4 is 17.7 Å². The minimum absolute atomic E-state index is 0.455. The van der Waals surface area contributed by atoms with Gasteiger partial charge in [-0.25, -0.2) is 0 Å². The van der Waals surface area contributed by atoms with Crippen LogP contribution in [0.15, 0.2) is 83.0 Å². The van der Waals surface area contributed by atoms with Gasteiger partial charge in [0.25, 0.3) is 0 Å². The number of allylic oxidation sites excluding steroid dienone is 11. The molecule has 0 N–H and O–H groups in total. The zero-order chi connectivity index (χ0) is 14.3. The molecule has 0 fully saturated rings. The Morgan fingerprint density at radius 2 is 1.41 bits per heavy atom. The van der Waals surface area contributed by atoms with Gasteiger partial charge in [0.2, 0.25) is 0 Å². The Hall–Kier alpha value is -2.60. The van der Waals surface area contributed by atoms with Gasteiger partial charge < -0.3 is 0 Å². The van der Waals surface area contributed by atoms with Crippen LogP contribution in [0, 0.1) is 11.8 Å². The zero-order valence-electron chi connectivity index (χ0n) is 12.1. The van der Waals surface area contributed by atoms with Crippen LogP contribution in [-0.4, -0.2) is 0 Å². The lowest BCUT2D eigenvalue weighted by atomic mass is 9.62. The lowest BCUT2D eigenvalue weighted by molar-refractivity contribution is 0.788. The highest BCUT2D eigenvalue weighted by atomic mass is 14.4. The van der Waals surface area contributed by atoms with E-state index in [9.17, 15) is 0 Å². The Balaban J connectivity index is 1.90. The third kappa shape index (κ3) is 1.16. The molecule has 0 heteroatoms. The maximum absolute atomic E-state index is 2.41. The zero-order valence-corrected chi connectivity index (χ0v) is 12.1. The summed E-state index contributed by atoms with van der Waals surface area (Å²) in [7, 11) is 0. The fourth-order valence-corrected chi connectivity index (χ4v) is 4.72. The van der Waals surface area contributed by atoms with Gasteiger partial charge in [-0.3, -0.25) is 0 Å². The number of rotatable bonds is 0. The Kier molecular flexibility index (Phi) is 1.80. The molecular formula is C22H14. The van der Waals surface area contributed by atoms with Gasteiger partial charge >= 0.3 is 0 Å². The smallest absolute Gasteiger partial charge is 0.0318 e. The highest BCUT2D eigenvalue weighted by molar-refractivity contribution is 5.86. The van der Waals surface area contributed by atoms with Crippen LogP contribution >= 0.6 is 0 Å². The lowest BCUT2D eigenvalue weighted by Crippen LogP contribution is -2.42. The van der Waals surface area contributed by atoms with Gasteiger partial charge in [0.05, 0.1) is 0 Å². The van der Waals surface area contributed by atoms with Gasteiger partial charge in [0.1, 0.15) is 0 Å². The molecule has 0 bridgehead atoms. The molecule has 1 aromatic rings. The van der Waals surface area contributed by atoms with Crippen LogP contribution in [0.5, 0.6) is 0 Å². The van der Waals surface area contributed by atoms with E-state index in [4.69, 9.17) is 0 Å². The van der Waals surface area contributed by atoms with Gasteiger partial charge in [-0.15, -0.1) is 0 Å². The van der Waals surface area contributed by atoms with E-state index in [1.165, 1.54) is 38.3 Å². The molecule has 0 amide bonds. The van der Waals surface area contributed by atoms with Crippen molar-refractivity contribution in [2.75, 3.05) is 0 Å². The fraction of sp³-hybridized carbons (Fsp3) is 0.0909. The molecule has 0 aliphatic heterocycles. The largest absolute Gasteiger partial charge is 0.0617 e. The third-order valence-electron chi connectivity index (χ3n) is 5.51. The highest BCUT2D eigenvalue weighted by Crippen LogP contribution is 2.50. The summed E-state index contributed by atoms with van der Waals surface area (Å²) in [4.78, 5) is 0. The third-order valence-corrected chi connectivity index (χ3v) is 5.51. The van der Waals surface area contributed by atoms with E-state index in [1.807, 2.05) is 0 Å². The first-order valence-electron chi connectivity index (χ1n) is 7.95. The molecule has 0 radical (unpaired) electrons. The molecule has 0 heterocycles. The van der Waals surface area contributed by atoms with Crippen LogP contribution in [0.2, 0.25) is 0 Å². The molecule has 0 nitrogen and oxygen atoms in total. The molecule has 0 saturated heterocycles. The Labute approximate surface area is 129 Å². The topological polar surface area (TPSA) is 0 Å². The molecular weight excluding hydrogens is 264 g/mol. The molecule has 0 aromatic heterocycles. The summed E-state index contributed by atoms with van der Waals surface area (Å²) < 4.78 is 0. The maximum Gasteiger partial charge on any atom is 0.0318 e. The van der Waals surface area contributed by atoms with Crippen molar-refractivity contribution in [3.8, 4) is 0 Å². The van der Waals surface area contributed by atoms with E-state index >= 15 is 0 Å². The standard InChI is InChI=1S/C22H14/c1-4-13-10-15-6-2-8-17-12-18-9-3-7-16-11-14(5-1)19(13)22(20(15)17)21(16)18/h1-12,19-20H. The van der Waals surface area contributed by atoms with Crippen LogP contribution in [-0.2, 0) is 0 Å². The summed E-state index contributed by atoms with van der Waals surface area (Å²) in [5.74, 6) is 0.909. The van der Waals surface area contributed by atoms with Crippen LogP contribution in [0.4, 0.5) is 0 Å². The van der Waals surface area contributed by atoms with E-state index in [0.717, 1.165) is 0 Å². The van der Waals surface area contributed by atoms with Crippen molar-refractivity contribution in [2.24, 2.45) is 11.8 Å². The van der Waals surface area contributed by atoms with Crippen LogP contribution in [0.1, 0.15) is 5.56 Å². The number of benzene rings is 1. The minimum atomic E-state index is 0.455. The molecule has 102 valence electrons. The predicted molar refractivity (Wildman–Crippen MR) is 91.1 cm³/mol. The van der Waals surface area contributed by atoms with Crippen molar-refractivity contribution in [1.82, 2.24) is 0 Å². The Morgan fingerprint density at radius 3 is 2.23 bits per heavy atom. The molecule has 6 rings (SSSR count). The molecule has 2 unspecified atom stereocenters. The van der Waals surface area contributed by atoms with Crippen LogP contribution < -0.4 is 10.4 Å². The SMILES string of the molecule is C1=CC2=CC3=CC=CC4=Cc5cccc6c5=C(C2C(=C1)C=6)C34. The van der Waals surface area contributed by atoms with Crippen molar-refractivity contribution in [1.29, 1.82) is 0 Å². The molecule has 2 atom stereocenters. The normalized spacial score (nSPS) is 28.1. The second kappa shape index (κ2) is 3.59. The van der Waals surface area contributed by atoms with E-state index in [2.05, 4.69) is 72.9 Å². The number of hydrogen-bond acceptors (Lipinski definition) is 0. The average molecular weight is 278 g/mol. The van der Waals surface area contributed by atoms with E-state index in [-0.39, 0.29) is 0 Å². The first-order chi connectivity index (χ1) is 10.9. The highest BCUT2D eigenvalue weighted by Gasteiger charge is 2.39. The first-order valence-corrected chi connectivity index (χ1v) is 7.95. The average Bonchev–Trinajstić information content (AvgIpc) is 2.55. The van der Waals surface area contributed by atoms with Crippen molar-refractivity contribution in [3.05, 3.63) is 99.0 Å². The van der Waals surface area contributed by atoms with Crippen molar-refractivity contribution in [2.45, 2.75) is 0 Å². The van der Waals surface area contributed by atoms with E-state index < -0.39 is 0 Å². The Bertz CT molecular complexity index is 1060. The van der Waals surface area contributed by atoms with Gasteiger partial charge in [-0.2, -0.15) is 0 Å². The minimum Gasteiger partial charge on any atom is -0.0617 e. The van der Waals surface area contributed by atoms with E-state index in [1.54, 1.807) is 5.57 Å². The Morgan fingerprint density at radius 1 is 0.682 bits per heavy atom. The monoisotopic (exact) mass is 278 g/mol. The summed E-state index contributed by atoms with van der Waals surface area (Å²) in [6.45, 7) is 0. The summed E-state index contributed by atoms with van der Waals surface area (Å²) in [5, 5.41) is 2.87. The summed E-state index contributed by atoms with van der Waals surface area (Å²) in [5.41, 5.74) is 8.78. The summed E-state index contributed by atoms with van der Waals surface area (Å²) >= 11 is 0. The second-order valence-electron chi connectivity index (χ2n) is 6.62. The van der Waals surface area contributed by atoms with Gasteiger partial charge in [0, 0.05) is 11.8 Å². The van der Waals surface area contributed by atoms with Gasteiger partial charge in [0.15, 0.2) is 0 Å². The van der Waals surface area contributed by atoms with Crippen molar-refractivity contribution < 1.29 is 0 Å². The quantitative estimate of drug-likeness (QED) is 0.683. The van der Waals surface area contributed by atoms with Gasteiger partial charge in [-0.1, -0.05) is 72.9 Å². The molecule has 22 heavy (non-hydrogen) atoms. The molecule has 1 aromatic carbocycles. The summed E-state index contributed by atoms with van der Waals surface area (Å²) in [6.07, 6.45) is 20.7. The molecule has 5 aliphatic carbocycles. The predicted octanol–water partition coefficient (Wildman–Crippen LogP) is 3.19.